The van der Waals surface area contributed by atoms with Gasteiger partial charge in [0.05, 0.1) is 24.7 Å². The van der Waals surface area contributed by atoms with Gasteiger partial charge in [-0.2, -0.15) is 0 Å². The average molecular weight is 500 g/mol. The van der Waals surface area contributed by atoms with E-state index in [4.69, 9.17) is 4.74 Å². The number of unbranched alkanes of at least 4 members (excludes halogenated alkanes) is 2. The molecule has 1 aromatic carbocycles. The van der Waals surface area contributed by atoms with Crippen molar-refractivity contribution in [1.82, 2.24) is 15.2 Å². The van der Waals surface area contributed by atoms with Crippen molar-refractivity contribution in [2.45, 2.75) is 77.8 Å². The van der Waals surface area contributed by atoms with Gasteiger partial charge in [0.2, 0.25) is 11.8 Å². The summed E-state index contributed by atoms with van der Waals surface area (Å²) in [6, 6.07) is 8.00. The summed E-state index contributed by atoms with van der Waals surface area (Å²) in [6.07, 6.45) is 2.01. The van der Waals surface area contributed by atoms with Gasteiger partial charge in [-0.15, -0.1) is 0 Å². The molecule has 0 spiro atoms. The first-order chi connectivity index (χ1) is 17.0. The molecule has 36 heavy (non-hydrogen) atoms. The predicted octanol–water partition coefficient (Wildman–Crippen LogP) is 4.62. The van der Waals surface area contributed by atoms with E-state index in [2.05, 4.69) is 10.3 Å². The molecule has 0 saturated carbocycles. The van der Waals surface area contributed by atoms with Crippen molar-refractivity contribution >= 4 is 34.5 Å². The first-order valence-corrected chi connectivity index (χ1v) is 12.3. The largest absolute Gasteiger partial charge is 0.480 e. The molecule has 0 aliphatic heterocycles. The highest BCUT2D eigenvalue weighted by Gasteiger charge is 2.37. The van der Waals surface area contributed by atoms with Gasteiger partial charge in [0, 0.05) is 23.8 Å². The lowest BCUT2D eigenvalue weighted by molar-refractivity contribution is -0.127. The number of nitrogens with one attached hydrogen (secondary N) is 1. The maximum atomic E-state index is 13.2. The van der Waals surface area contributed by atoms with Crippen LogP contribution < -0.4 is 10.1 Å². The molecule has 2 N–H and O–H groups in total. The fourth-order valence-corrected chi connectivity index (χ4v) is 4.11. The van der Waals surface area contributed by atoms with Crippen LogP contribution in [0.2, 0.25) is 0 Å². The van der Waals surface area contributed by atoms with Gasteiger partial charge < -0.3 is 15.2 Å². The van der Waals surface area contributed by atoms with Gasteiger partial charge in [-0.3, -0.25) is 19.3 Å². The van der Waals surface area contributed by atoms with Crippen molar-refractivity contribution in [1.29, 1.82) is 0 Å². The van der Waals surface area contributed by atoms with Gasteiger partial charge in [0.1, 0.15) is 11.8 Å². The number of carbonyl (C=O) groups excluding carboxylic acids is 3. The number of fused-ring (bicyclic) bond motifs is 1. The molecule has 0 aliphatic carbocycles. The Hall–Kier alpha value is -3.49. The van der Waals surface area contributed by atoms with E-state index in [1.165, 1.54) is 7.11 Å². The normalized spacial score (nSPS) is 12.1. The van der Waals surface area contributed by atoms with Crippen molar-refractivity contribution in [2.75, 3.05) is 13.7 Å². The monoisotopic (exact) mass is 499 g/mol. The molecule has 2 amide bonds. The second-order valence-corrected chi connectivity index (χ2v) is 9.71. The van der Waals surface area contributed by atoms with E-state index >= 15 is 0 Å². The van der Waals surface area contributed by atoms with E-state index in [-0.39, 0.29) is 30.2 Å². The van der Waals surface area contributed by atoms with E-state index in [1.54, 1.807) is 26.8 Å². The summed E-state index contributed by atoms with van der Waals surface area (Å²) in [5.74, 6) is -0.595. The fourth-order valence-electron chi connectivity index (χ4n) is 4.11. The van der Waals surface area contributed by atoms with Crippen LogP contribution in [0.3, 0.4) is 0 Å². The van der Waals surface area contributed by atoms with Crippen LogP contribution >= 0.6 is 0 Å². The zero-order chi connectivity index (χ0) is 26.9. The number of Topliss-reactive ketones (excluding diaryl/α,β-unsaturated/α-hetero) is 2. The van der Waals surface area contributed by atoms with E-state index in [0.717, 1.165) is 10.3 Å². The van der Waals surface area contributed by atoms with Crippen LogP contribution in [0.1, 0.15) is 76.6 Å². The maximum absolute atomic E-state index is 13.2. The summed E-state index contributed by atoms with van der Waals surface area (Å²) >= 11 is 0. The Bertz CT molecular complexity index is 1090. The number of para-hydroxylation sites is 1. The number of methoxy groups -OCH3 is 1. The number of nitrogens with zero attached hydrogens (tertiary/aromatic N) is 2. The second-order valence-electron chi connectivity index (χ2n) is 9.71. The van der Waals surface area contributed by atoms with Crippen molar-refractivity contribution in [3.8, 4) is 5.88 Å². The highest BCUT2D eigenvalue weighted by Crippen LogP contribution is 2.24. The third-order valence-corrected chi connectivity index (χ3v) is 5.98. The molecule has 9 nitrogen and oxygen atoms in total. The molecule has 1 heterocycles. The van der Waals surface area contributed by atoms with Crippen molar-refractivity contribution < 1.29 is 29.0 Å². The van der Waals surface area contributed by atoms with Crippen LogP contribution in [0, 0.1) is 0 Å². The molecular weight excluding hydrogens is 462 g/mol. The number of hydrogen-bond donors (Lipinski definition) is 2. The fraction of sp³-hybridized carbons (Fsp3) is 0.519. The van der Waals surface area contributed by atoms with Gasteiger partial charge in [-0.05, 0) is 45.7 Å². The maximum Gasteiger partial charge on any atom is 0.408 e. The summed E-state index contributed by atoms with van der Waals surface area (Å²) in [6.45, 7) is 6.66. The van der Waals surface area contributed by atoms with Crippen molar-refractivity contribution in [2.24, 2.45) is 0 Å². The Balaban J connectivity index is 2.15. The van der Waals surface area contributed by atoms with Crippen LogP contribution in [-0.2, 0) is 9.59 Å². The smallest absolute Gasteiger partial charge is 0.408 e. The van der Waals surface area contributed by atoms with Crippen LogP contribution in [-0.4, -0.2) is 63.8 Å². The highest BCUT2D eigenvalue weighted by molar-refractivity contribution is 6.04. The minimum atomic E-state index is -1.21. The van der Waals surface area contributed by atoms with Crippen LogP contribution in [0.15, 0.2) is 30.3 Å². The Morgan fingerprint density at radius 3 is 2.42 bits per heavy atom. The topological polar surface area (TPSA) is 126 Å². The number of ketones is 2. The summed E-state index contributed by atoms with van der Waals surface area (Å²) in [7, 11) is 1.42. The molecule has 0 bridgehead atoms. The zero-order valence-electron chi connectivity index (χ0n) is 21.8. The third-order valence-electron chi connectivity index (χ3n) is 5.98. The van der Waals surface area contributed by atoms with Gasteiger partial charge in [-0.25, -0.2) is 9.78 Å². The first kappa shape index (κ1) is 28.7. The average Bonchev–Trinajstić information content (AvgIpc) is 2.83. The zero-order valence-corrected chi connectivity index (χ0v) is 21.8. The number of rotatable bonds is 13. The molecule has 196 valence electrons. The van der Waals surface area contributed by atoms with Gasteiger partial charge in [-0.1, -0.05) is 38.0 Å². The van der Waals surface area contributed by atoms with E-state index < -0.39 is 29.4 Å². The predicted molar refractivity (Wildman–Crippen MR) is 137 cm³/mol. The lowest BCUT2D eigenvalue weighted by Crippen LogP contribution is -2.57. The molecular formula is C27H37N3O6. The summed E-state index contributed by atoms with van der Waals surface area (Å²) in [4.78, 5) is 55.3. The van der Waals surface area contributed by atoms with Gasteiger partial charge in [0.25, 0.3) is 0 Å². The number of carboxylic acid groups (broad SMARTS) is 1. The SMILES string of the molecule is CCC(=O)CCCCC[C@@H](C(=O)NCC(=O)c1cc2ccccc2nc1OC)N(C(=O)O)C(C)(C)C. The number of amides is 2. The lowest BCUT2D eigenvalue weighted by atomic mass is 9.98. The molecule has 0 aliphatic rings. The quantitative estimate of drug-likeness (QED) is 0.304. The van der Waals surface area contributed by atoms with Crippen LogP contribution in [0.4, 0.5) is 4.79 Å². The molecule has 1 atom stereocenters. The number of benzene rings is 1. The van der Waals surface area contributed by atoms with Crippen molar-refractivity contribution in [3.63, 3.8) is 0 Å². The Kier molecular flexibility index (Phi) is 10.4. The lowest BCUT2D eigenvalue weighted by Gasteiger charge is -2.38. The minimum Gasteiger partial charge on any atom is -0.480 e. The molecule has 2 aromatic rings. The first-order valence-electron chi connectivity index (χ1n) is 12.3. The number of aromatic nitrogens is 1. The van der Waals surface area contributed by atoms with E-state index in [9.17, 15) is 24.3 Å². The summed E-state index contributed by atoms with van der Waals surface area (Å²) in [5.41, 5.74) is 0.0825. The number of carbonyl (C=O) groups is 4. The Morgan fingerprint density at radius 2 is 1.81 bits per heavy atom. The highest BCUT2D eigenvalue weighted by atomic mass is 16.5. The van der Waals surface area contributed by atoms with E-state index in [0.29, 0.717) is 37.6 Å². The van der Waals surface area contributed by atoms with E-state index in [1.807, 2.05) is 31.2 Å². The number of pyridine rings is 1. The number of hydrogen-bond acceptors (Lipinski definition) is 6. The standard InChI is InChI=1S/C27H37N3O6/c1-6-19(31)13-8-7-9-15-22(30(26(34)35)27(2,3)4)24(33)28-17-23(32)20-16-18-12-10-11-14-21(18)29-25(20)36-5/h10-12,14,16,22H,6-9,13,15,17H2,1-5H3,(H,28,33)(H,34,35)/t22-/m0/s1. The minimum absolute atomic E-state index is 0.160. The van der Waals surface area contributed by atoms with Gasteiger partial charge >= 0.3 is 6.09 Å². The summed E-state index contributed by atoms with van der Waals surface area (Å²) in [5, 5.41) is 13.3. The molecule has 0 radical (unpaired) electrons. The van der Waals surface area contributed by atoms with Crippen molar-refractivity contribution in [3.05, 3.63) is 35.9 Å². The van der Waals surface area contributed by atoms with Crippen LogP contribution in [0.5, 0.6) is 5.88 Å². The second kappa shape index (κ2) is 13.0. The number of ether oxygens (including phenoxy) is 1. The molecule has 1 aromatic heterocycles. The third kappa shape index (κ3) is 7.76. The summed E-state index contributed by atoms with van der Waals surface area (Å²) < 4.78 is 5.29. The molecule has 2 rings (SSSR count). The molecule has 0 saturated heterocycles. The Labute approximate surface area is 212 Å². The molecule has 0 unspecified atom stereocenters. The molecule has 0 fully saturated rings. The van der Waals surface area contributed by atoms with Crippen LogP contribution in [0.25, 0.3) is 10.9 Å². The van der Waals surface area contributed by atoms with Gasteiger partial charge in [0.15, 0.2) is 5.78 Å². The molecule has 9 heteroatoms. The Morgan fingerprint density at radius 1 is 1.11 bits per heavy atom.